The van der Waals surface area contributed by atoms with Gasteiger partial charge in [0.05, 0.1) is 5.60 Å². The molecule has 1 aromatic rings. The third-order valence-electron chi connectivity index (χ3n) is 2.26. The average molecular weight is 261 g/mol. The van der Waals surface area contributed by atoms with E-state index in [-0.39, 0.29) is 11.6 Å². The molecule has 6 nitrogen and oxygen atoms in total. The first-order valence-electron chi connectivity index (χ1n) is 5.41. The highest BCUT2D eigenvalue weighted by Gasteiger charge is 2.22. The number of nitrogens with one attached hydrogen (secondary N) is 1. The normalized spacial score (nSPS) is 13.0. The first-order chi connectivity index (χ1) is 7.65. The zero-order valence-corrected chi connectivity index (χ0v) is 11.4. The minimum Gasteiger partial charge on any atom is -0.389 e. The number of imidazole rings is 1. The highest BCUT2D eigenvalue weighted by atomic mass is 32.2. The fourth-order valence-electron chi connectivity index (χ4n) is 1.27. The molecule has 0 bridgehead atoms. The van der Waals surface area contributed by atoms with Gasteiger partial charge in [-0.05, 0) is 27.7 Å². The lowest BCUT2D eigenvalue weighted by Crippen LogP contribution is -2.38. The van der Waals surface area contributed by atoms with Gasteiger partial charge in [0.2, 0.25) is 0 Å². The molecule has 0 radical (unpaired) electrons. The molecule has 0 spiro atoms. The van der Waals surface area contributed by atoms with Gasteiger partial charge in [0.15, 0.2) is 5.03 Å². The largest absolute Gasteiger partial charge is 0.389 e. The molecule has 7 heteroatoms. The summed E-state index contributed by atoms with van der Waals surface area (Å²) in [7, 11) is -3.65. The second kappa shape index (κ2) is 4.75. The summed E-state index contributed by atoms with van der Waals surface area (Å²) in [6.07, 6.45) is 1.49. The van der Waals surface area contributed by atoms with Crippen LogP contribution >= 0.6 is 0 Å². The van der Waals surface area contributed by atoms with E-state index in [1.165, 1.54) is 20.0 Å². The summed E-state index contributed by atoms with van der Waals surface area (Å²) in [6, 6.07) is 0. The summed E-state index contributed by atoms with van der Waals surface area (Å²) >= 11 is 0. The van der Waals surface area contributed by atoms with Crippen molar-refractivity contribution in [1.82, 2.24) is 14.3 Å². The van der Waals surface area contributed by atoms with Crippen molar-refractivity contribution in [2.24, 2.45) is 0 Å². The summed E-state index contributed by atoms with van der Waals surface area (Å²) in [5, 5.41) is 9.47. The van der Waals surface area contributed by atoms with Crippen molar-refractivity contribution >= 4 is 10.0 Å². The van der Waals surface area contributed by atoms with Gasteiger partial charge >= 0.3 is 0 Å². The summed E-state index contributed by atoms with van der Waals surface area (Å²) in [4.78, 5) is 3.98. The SMILES string of the molecule is CCn1cc(S(=O)(=O)NCC(C)(C)O)nc1C. The van der Waals surface area contributed by atoms with E-state index in [0.717, 1.165) is 0 Å². The highest BCUT2D eigenvalue weighted by Crippen LogP contribution is 2.09. The average Bonchev–Trinajstić information content (AvgIpc) is 2.56. The topological polar surface area (TPSA) is 84.2 Å². The van der Waals surface area contributed by atoms with E-state index in [2.05, 4.69) is 9.71 Å². The minimum absolute atomic E-state index is 0.0129. The quantitative estimate of drug-likeness (QED) is 0.796. The molecule has 1 aromatic heterocycles. The maximum absolute atomic E-state index is 11.9. The van der Waals surface area contributed by atoms with Crippen molar-refractivity contribution in [2.45, 2.75) is 44.9 Å². The van der Waals surface area contributed by atoms with E-state index in [1.54, 1.807) is 11.5 Å². The van der Waals surface area contributed by atoms with Crippen LogP contribution in [0.4, 0.5) is 0 Å². The van der Waals surface area contributed by atoms with E-state index in [9.17, 15) is 13.5 Å². The van der Waals surface area contributed by atoms with Crippen molar-refractivity contribution in [1.29, 1.82) is 0 Å². The molecule has 0 unspecified atom stereocenters. The summed E-state index contributed by atoms with van der Waals surface area (Å²) in [5.41, 5.74) is -1.09. The van der Waals surface area contributed by atoms with Crippen LogP contribution < -0.4 is 4.72 Å². The molecule has 0 fully saturated rings. The van der Waals surface area contributed by atoms with Crippen LogP contribution in [0.5, 0.6) is 0 Å². The Kier molecular flexibility index (Phi) is 3.95. The van der Waals surface area contributed by atoms with E-state index in [4.69, 9.17) is 0 Å². The summed E-state index contributed by atoms with van der Waals surface area (Å²) < 4.78 is 27.8. The number of nitrogens with zero attached hydrogens (tertiary/aromatic N) is 2. The minimum atomic E-state index is -3.65. The predicted octanol–water partition coefficient (Wildman–Crippen LogP) is 0.261. The number of aryl methyl sites for hydroxylation is 2. The fraction of sp³-hybridized carbons (Fsp3) is 0.700. The molecule has 0 saturated carbocycles. The van der Waals surface area contributed by atoms with Gasteiger partial charge in [-0.25, -0.2) is 18.1 Å². The third kappa shape index (κ3) is 3.79. The van der Waals surface area contributed by atoms with Gasteiger partial charge in [0, 0.05) is 19.3 Å². The number of aliphatic hydroxyl groups is 1. The number of sulfonamides is 1. The lowest BCUT2D eigenvalue weighted by atomic mass is 10.1. The molecule has 0 amide bonds. The first kappa shape index (κ1) is 14.1. The van der Waals surface area contributed by atoms with Crippen molar-refractivity contribution < 1.29 is 13.5 Å². The zero-order valence-electron chi connectivity index (χ0n) is 10.6. The Hall–Kier alpha value is -0.920. The molecule has 0 aliphatic heterocycles. The monoisotopic (exact) mass is 261 g/mol. The van der Waals surface area contributed by atoms with Crippen molar-refractivity contribution in [3.05, 3.63) is 12.0 Å². The molecule has 1 rings (SSSR count). The zero-order chi connectivity index (χ0) is 13.3. The van der Waals surface area contributed by atoms with E-state index in [0.29, 0.717) is 12.4 Å². The van der Waals surface area contributed by atoms with Crippen LogP contribution in [0.25, 0.3) is 0 Å². The van der Waals surface area contributed by atoms with Crippen LogP contribution in [-0.4, -0.2) is 35.2 Å². The molecule has 0 atom stereocenters. The number of hydrogen-bond acceptors (Lipinski definition) is 4. The third-order valence-corrected chi connectivity index (χ3v) is 3.54. The molecule has 98 valence electrons. The lowest BCUT2D eigenvalue weighted by Gasteiger charge is -2.16. The van der Waals surface area contributed by atoms with Gasteiger partial charge in [-0.2, -0.15) is 0 Å². The molecule has 1 heterocycles. The van der Waals surface area contributed by atoms with Crippen LogP contribution in [0.1, 0.15) is 26.6 Å². The van der Waals surface area contributed by atoms with Crippen LogP contribution in [0, 0.1) is 6.92 Å². The molecule has 0 aromatic carbocycles. The molecule has 17 heavy (non-hydrogen) atoms. The van der Waals surface area contributed by atoms with Crippen LogP contribution in [0.3, 0.4) is 0 Å². The Bertz CT molecular complexity index is 485. The smallest absolute Gasteiger partial charge is 0.259 e. The van der Waals surface area contributed by atoms with Gasteiger partial charge in [-0.15, -0.1) is 0 Å². The van der Waals surface area contributed by atoms with Crippen molar-refractivity contribution in [3.63, 3.8) is 0 Å². The number of rotatable bonds is 5. The Morgan fingerprint density at radius 2 is 2.12 bits per heavy atom. The standard InChI is InChI=1S/C10H19N3O3S/c1-5-13-6-9(12-8(13)2)17(15,16)11-7-10(3,4)14/h6,11,14H,5,7H2,1-4H3. The van der Waals surface area contributed by atoms with Gasteiger partial charge in [-0.3, -0.25) is 0 Å². The Morgan fingerprint density at radius 3 is 2.53 bits per heavy atom. The molecule has 2 N–H and O–H groups in total. The fourth-order valence-corrected chi connectivity index (χ4v) is 2.48. The second-order valence-electron chi connectivity index (χ2n) is 4.55. The van der Waals surface area contributed by atoms with Gasteiger partial charge in [0.25, 0.3) is 10.0 Å². The van der Waals surface area contributed by atoms with Gasteiger partial charge in [-0.1, -0.05) is 0 Å². The first-order valence-corrected chi connectivity index (χ1v) is 6.90. The van der Waals surface area contributed by atoms with Crippen LogP contribution in [0.2, 0.25) is 0 Å². The highest BCUT2D eigenvalue weighted by molar-refractivity contribution is 7.89. The Labute approximate surface area is 102 Å². The predicted molar refractivity (Wildman–Crippen MR) is 64.1 cm³/mol. The molecular formula is C10H19N3O3S. The number of hydrogen-bond donors (Lipinski definition) is 2. The Morgan fingerprint density at radius 1 is 1.53 bits per heavy atom. The molecule has 0 aliphatic rings. The molecule has 0 aliphatic carbocycles. The summed E-state index contributed by atoms with van der Waals surface area (Å²) in [6.45, 7) is 7.35. The van der Waals surface area contributed by atoms with Crippen LogP contribution in [-0.2, 0) is 16.6 Å². The summed E-state index contributed by atoms with van der Waals surface area (Å²) in [5.74, 6) is 0.649. The van der Waals surface area contributed by atoms with E-state index in [1.807, 2.05) is 6.92 Å². The maximum atomic E-state index is 11.9. The second-order valence-corrected chi connectivity index (χ2v) is 6.26. The number of aromatic nitrogens is 2. The maximum Gasteiger partial charge on any atom is 0.259 e. The van der Waals surface area contributed by atoms with Gasteiger partial charge < -0.3 is 9.67 Å². The van der Waals surface area contributed by atoms with Crippen molar-refractivity contribution in [2.75, 3.05) is 6.54 Å². The lowest BCUT2D eigenvalue weighted by molar-refractivity contribution is 0.0857. The molecule has 0 saturated heterocycles. The van der Waals surface area contributed by atoms with Crippen LogP contribution in [0.15, 0.2) is 11.2 Å². The molecular weight excluding hydrogens is 242 g/mol. The van der Waals surface area contributed by atoms with Crippen molar-refractivity contribution in [3.8, 4) is 0 Å². The van der Waals surface area contributed by atoms with E-state index < -0.39 is 15.6 Å². The Balaban J connectivity index is 2.90. The van der Waals surface area contributed by atoms with E-state index >= 15 is 0 Å². The van der Waals surface area contributed by atoms with Gasteiger partial charge in [0.1, 0.15) is 5.82 Å².